The minimum Gasteiger partial charge on any atom is -0.360 e. The van der Waals surface area contributed by atoms with Gasteiger partial charge in [-0.1, -0.05) is 46.9 Å². The highest BCUT2D eigenvalue weighted by Crippen LogP contribution is 2.37. The number of pyridine rings is 1. The quantitative estimate of drug-likeness (QED) is 0.405. The van der Waals surface area contributed by atoms with Gasteiger partial charge in [-0.3, -0.25) is 9.78 Å². The molecule has 4 rings (SSSR count). The summed E-state index contributed by atoms with van der Waals surface area (Å²) in [5, 5.41) is 1.85. The maximum Gasteiger partial charge on any atom is 0.255 e. The highest BCUT2D eigenvalue weighted by atomic mass is 35.5. The third-order valence-electron chi connectivity index (χ3n) is 5.38. The lowest BCUT2D eigenvalue weighted by Crippen LogP contribution is -2.50. The Hall–Kier alpha value is -1.92. The second-order valence-corrected chi connectivity index (χ2v) is 8.52. The number of amides is 1. The summed E-state index contributed by atoms with van der Waals surface area (Å²) in [5.41, 5.74) is 3.32. The number of hydrogen-bond donors (Lipinski definition) is 1. The van der Waals surface area contributed by atoms with Crippen LogP contribution < -0.4 is 4.90 Å². The summed E-state index contributed by atoms with van der Waals surface area (Å²) in [6.45, 7) is 3.59. The lowest BCUT2D eigenvalue weighted by molar-refractivity contribution is 0.0720. The minimum atomic E-state index is -0.0735. The first-order valence-electron chi connectivity index (χ1n) is 10.1. The standard InChI is InChI=1S/C23H20Cl3N3O.CH4S/c1-15-19(3-2-10-27-15)23(30)28-11-12-29(21-9-8-18(25)13-20(21)26)22(14-28)16-4-6-17(24)7-5-16;1-2/h2-10,13,22H,11-12,14H2,1H3;2H,1H3. The van der Waals surface area contributed by atoms with Crippen molar-refractivity contribution in [2.75, 3.05) is 30.8 Å². The van der Waals surface area contributed by atoms with Crippen molar-refractivity contribution >= 4 is 59.0 Å². The molecule has 8 heteroatoms. The monoisotopic (exact) mass is 507 g/mol. The average Bonchev–Trinajstić information content (AvgIpc) is 2.81. The minimum absolute atomic E-state index is 0.0126. The van der Waals surface area contributed by atoms with Gasteiger partial charge in [0.2, 0.25) is 0 Å². The molecular formula is C24H24Cl3N3OS. The maximum absolute atomic E-state index is 13.2. The number of hydrogen-bond acceptors (Lipinski definition) is 4. The van der Waals surface area contributed by atoms with Crippen molar-refractivity contribution in [1.29, 1.82) is 0 Å². The van der Waals surface area contributed by atoms with E-state index < -0.39 is 0 Å². The second-order valence-electron chi connectivity index (χ2n) is 7.24. The van der Waals surface area contributed by atoms with Gasteiger partial charge in [-0.05, 0) is 61.2 Å². The molecule has 1 aliphatic heterocycles. The first-order chi connectivity index (χ1) is 15.4. The molecular weight excluding hydrogens is 485 g/mol. The van der Waals surface area contributed by atoms with Crippen molar-refractivity contribution in [1.82, 2.24) is 9.88 Å². The van der Waals surface area contributed by atoms with Crippen molar-refractivity contribution in [3.8, 4) is 0 Å². The molecule has 1 aliphatic rings. The van der Waals surface area contributed by atoms with Crippen LogP contribution in [0.15, 0.2) is 60.8 Å². The fourth-order valence-corrected chi connectivity index (χ4v) is 4.46. The summed E-state index contributed by atoms with van der Waals surface area (Å²) in [4.78, 5) is 21.6. The molecule has 0 bridgehead atoms. The van der Waals surface area contributed by atoms with Crippen LogP contribution in [-0.4, -0.2) is 41.7 Å². The average molecular weight is 509 g/mol. The van der Waals surface area contributed by atoms with Gasteiger partial charge in [0, 0.05) is 41.6 Å². The van der Waals surface area contributed by atoms with E-state index in [-0.39, 0.29) is 11.9 Å². The maximum atomic E-state index is 13.2. The highest BCUT2D eigenvalue weighted by Gasteiger charge is 2.32. The first-order valence-corrected chi connectivity index (χ1v) is 12.1. The third kappa shape index (κ3) is 5.52. The van der Waals surface area contributed by atoms with Crippen molar-refractivity contribution in [2.45, 2.75) is 13.0 Å². The number of carbonyl (C=O) groups is 1. The Morgan fingerprint density at radius 3 is 2.34 bits per heavy atom. The van der Waals surface area contributed by atoms with E-state index in [2.05, 4.69) is 22.5 Å². The molecule has 1 aromatic heterocycles. The summed E-state index contributed by atoms with van der Waals surface area (Å²) in [6, 6.07) is 16.8. The first kappa shape index (κ1) is 24.7. The Morgan fingerprint density at radius 2 is 1.69 bits per heavy atom. The number of aromatic nitrogens is 1. The molecule has 1 amide bonds. The summed E-state index contributed by atoms with van der Waals surface area (Å²) in [5.74, 6) is -0.0126. The number of rotatable bonds is 3. The number of thiol groups is 1. The summed E-state index contributed by atoms with van der Waals surface area (Å²) in [7, 11) is 0. The van der Waals surface area contributed by atoms with E-state index in [0.717, 1.165) is 16.9 Å². The highest BCUT2D eigenvalue weighted by molar-refractivity contribution is 7.79. The van der Waals surface area contributed by atoms with Crippen LogP contribution in [0.5, 0.6) is 0 Å². The third-order valence-corrected chi connectivity index (χ3v) is 6.17. The van der Waals surface area contributed by atoms with Gasteiger partial charge >= 0.3 is 0 Å². The number of benzene rings is 2. The Morgan fingerprint density at radius 1 is 1.00 bits per heavy atom. The van der Waals surface area contributed by atoms with Gasteiger partial charge in [0.1, 0.15) is 0 Å². The lowest BCUT2D eigenvalue weighted by Gasteiger charge is -2.43. The molecule has 0 aliphatic carbocycles. The number of halogens is 3. The molecule has 1 unspecified atom stereocenters. The molecule has 0 spiro atoms. The van der Waals surface area contributed by atoms with Crippen LogP contribution in [0.1, 0.15) is 27.7 Å². The molecule has 1 fully saturated rings. The molecule has 4 nitrogen and oxygen atoms in total. The Balaban J connectivity index is 0.00000141. The number of piperazine rings is 1. The SMILES string of the molecule is CS.Cc1ncccc1C(=O)N1CCN(c2ccc(Cl)cc2Cl)C(c2ccc(Cl)cc2)C1. The van der Waals surface area contributed by atoms with E-state index in [0.29, 0.717) is 40.3 Å². The number of aryl methyl sites for hydroxylation is 1. The van der Waals surface area contributed by atoms with Crippen molar-refractivity contribution in [2.24, 2.45) is 0 Å². The van der Waals surface area contributed by atoms with Gasteiger partial charge in [-0.15, -0.1) is 0 Å². The van der Waals surface area contributed by atoms with E-state index in [4.69, 9.17) is 34.8 Å². The molecule has 1 saturated heterocycles. The van der Waals surface area contributed by atoms with Crippen LogP contribution in [0.25, 0.3) is 0 Å². The van der Waals surface area contributed by atoms with Crippen LogP contribution in [0.3, 0.4) is 0 Å². The Kier molecular flexibility index (Phi) is 8.72. The normalized spacial score (nSPS) is 15.8. The van der Waals surface area contributed by atoms with Crippen molar-refractivity contribution < 1.29 is 4.79 Å². The van der Waals surface area contributed by atoms with Crippen molar-refractivity contribution in [3.05, 3.63) is 92.7 Å². The second kappa shape index (κ2) is 11.3. The van der Waals surface area contributed by atoms with Crippen LogP contribution in [0.4, 0.5) is 5.69 Å². The zero-order valence-corrected chi connectivity index (χ0v) is 21.0. The van der Waals surface area contributed by atoms with Crippen LogP contribution in [0.2, 0.25) is 15.1 Å². The fourth-order valence-electron chi connectivity index (χ4n) is 3.82. The van der Waals surface area contributed by atoms with Gasteiger partial charge in [-0.25, -0.2) is 0 Å². The van der Waals surface area contributed by atoms with Crippen molar-refractivity contribution in [3.63, 3.8) is 0 Å². The van der Waals surface area contributed by atoms with E-state index in [1.165, 1.54) is 0 Å². The Labute approximate surface area is 209 Å². The van der Waals surface area contributed by atoms with Gasteiger partial charge in [0.05, 0.1) is 22.3 Å². The molecule has 2 heterocycles. The molecule has 32 heavy (non-hydrogen) atoms. The summed E-state index contributed by atoms with van der Waals surface area (Å²) >= 11 is 22.2. The number of carbonyl (C=O) groups excluding carboxylic acids is 1. The van der Waals surface area contributed by atoms with E-state index >= 15 is 0 Å². The van der Waals surface area contributed by atoms with Crippen LogP contribution in [0, 0.1) is 6.92 Å². The number of anilines is 1. The van der Waals surface area contributed by atoms with Gasteiger partial charge in [0.15, 0.2) is 0 Å². The molecule has 0 saturated carbocycles. The summed E-state index contributed by atoms with van der Waals surface area (Å²) in [6.07, 6.45) is 3.39. The van der Waals surface area contributed by atoms with Gasteiger partial charge < -0.3 is 9.80 Å². The predicted octanol–water partition coefficient (Wildman–Crippen LogP) is 6.60. The van der Waals surface area contributed by atoms with Gasteiger partial charge in [-0.2, -0.15) is 12.6 Å². The smallest absolute Gasteiger partial charge is 0.255 e. The van der Waals surface area contributed by atoms with Crippen LogP contribution >= 0.6 is 47.4 Å². The van der Waals surface area contributed by atoms with Crippen LogP contribution in [-0.2, 0) is 0 Å². The Bertz CT molecular complexity index is 1080. The fraction of sp³-hybridized carbons (Fsp3) is 0.250. The predicted molar refractivity (Wildman–Crippen MR) is 138 cm³/mol. The molecule has 0 radical (unpaired) electrons. The molecule has 2 aromatic carbocycles. The van der Waals surface area contributed by atoms with E-state index in [1.54, 1.807) is 24.6 Å². The topological polar surface area (TPSA) is 36.4 Å². The molecule has 0 N–H and O–H groups in total. The lowest BCUT2D eigenvalue weighted by atomic mass is 10.0. The van der Waals surface area contributed by atoms with E-state index in [9.17, 15) is 4.79 Å². The molecule has 1 atom stereocenters. The van der Waals surface area contributed by atoms with E-state index in [1.807, 2.05) is 54.3 Å². The molecule has 3 aromatic rings. The number of nitrogens with zero attached hydrogens (tertiary/aromatic N) is 3. The summed E-state index contributed by atoms with van der Waals surface area (Å²) < 4.78 is 0. The molecule has 168 valence electrons. The van der Waals surface area contributed by atoms with Gasteiger partial charge in [0.25, 0.3) is 5.91 Å². The zero-order chi connectivity index (χ0) is 23.3. The largest absolute Gasteiger partial charge is 0.360 e. The zero-order valence-electron chi connectivity index (χ0n) is 17.8.